The maximum Gasteiger partial charge on any atom is 0.132 e. The Morgan fingerprint density at radius 1 is 1.29 bits per heavy atom. The molecule has 1 heterocycles. The molecule has 0 aliphatic heterocycles. The Morgan fingerprint density at radius 3 is 2.38 bits per heavy atom. The van der Waals surface area contributed by atoms with Crippen LogP contribution in [0.25, 0.3) is 11.3 Å². The zero-order valence-corrected chi connectivity index (χ0v) is 13.8. The number of benzene rings is 1. The van der Waals surface area contributed by atoms with Crippen LogP contribution in [0.1, 0.15) is 46.4 Å². The summed E-state index contributed by atoms with van der Waals surface area (Å²) in [5.74, 6) is 1.12. The maximum absolute atomic E-state index is 14.1. The van der Waals surface area contributed by atoms with Gasteiger partial charge in [-0.2, -0.15) is 0 Å². The number of nitrogen functional groups attached to an aromatic ring is 1. The average molecular weight is 310 g/mol. The molecule has 3 nitrogen and oxygen atoms in total. The Bertz CT molecular complexity index is 669. The summed E-state index contributed by atoms with van der Waals surface area (Å²) in [5, 5.41) is 0.460. The highest BCUT2D eigenvalue weighted by atomic mass is 35.5. The zero-order valence-electron chi connectivity index (χ0n) is 13.0. The summed E-state index contributed by atoms with van der Waals surface area (Å²) >= 11 is 5.98. The van der Waals surface area contributed by atoms with Crippen molar-refractivity contribution in [3.05, 3.63) is 34.9 Å². The standard InChI is InChI=1S/C16H21ClFN3/c1-9(2)15-20-13(14(19)21(15)16(3,4)5)11-8-10(17)6-7-12(11)18/h6-9H,19H2,1-5H3. The molecule has 0 atom stereocenters. The number of imidazole rings is 1. The molecule has 0 saturated heterocycles. The molecule has 1 aromatic carbocycles. The fourth-order valence-corrected chi connectivity index (χ4v) is 2.59. The van der Waals surface area contributed by atoms with Crippen LogP contribution in [0.5, 0.6) is 0 Å². The summed E-state index contributed by atoms with van der Waals surface area (Å²) < 4.78 is 16.1. The number of halogens is 2. The SMILES string of the molecule is CC(C)c1nc(-c2cc(Cl)ccc2F)c(N)n1C(C)(C)C. The molecule has 0 aliphatic carbocycles. The van der Waals surface area contributed by atoms with Crippen LogP contribution < -0.4 is 5.73 Å². The quantitative estimate of drug-likeness (QED) is 0.865. The van der Waals surface area contributed by atoms with E-state index in [0.717, 1.165) is 5.82 Å². The van der Waals surface area contributed by atoms with Crippen LogP contribution in [0, 0.1) is 5.82 Å². The van der Waals surface area contributed by atoms with Crippen molar-refractivity contribution in [1.29, 1.82) is 0 Å². The lowest BCUT2D eigenvalue weighted by atomic mass is 10.1. The van der Waals surface area contributed by atoms with Crippen LogP contribution >= 0.6 is 11.6 Å². The number of nitrogens with zero attached hydrogens (tertiary/aromatic N) is 2. The summed E-state index contributed by atoms with van der Waals surface area (Å²) in [6.45, 7) is 10.2. The minimum atomic E-state index is -0.375. The molecule has 21 heavy (non-hydrogen) atoms. The number of hydrogen-bond donors (Lipinski definition) is 1. The van der Waals surface area contributed by atoms with Gasteiger partial charge in [0.05, 0.1) is 0 Å². The van der Waals surface area contributed by atoms with Gasteiger partial charge >= 0.3 is 0 Å². The van der Waals surface area contributed by atoms with E-state index in [9.17, 15) is 4.39 Å². The molecule has 1 aromatic heterocycles. The highest BCUT2D eigenvalue weighted by Gasteiger charge is 2.27. The molecule has 0 amide bonds. The molecule has 5 heteroatoms. The summed E-state index contributed by atoms with van der Waals surface area (Å²) in [5.41, 5.74) is 6.83. The van der Waals surface area contributed by atoms with Gasteiger partial charge in [0.25, 0.3) is 0 Å². The molecule has 0 fully saturated rings. The zero-order chi connectivity index (χ0) is 15.9. The minimum absolute atomic E-state index is 0.183. The molecule has 0 unspecified atom stereocenters. The van der Waals surface area contributed by atoms with Gasteiger partial charge in [-0.3, -0.25) is 0 Å². The van der Waals surface area contributed by atoms with Crippen LogP contribution in [-0.4, -0.2) is 9.55 Å². The predicted molar refractivity (Wildman–Crippen MR) is 86.1 cm³/mol. The second-order valence-corrected chi connectivity index (χ2v) is 6.93. The first-order chi connectivity index (χ1) is 9.62. The van der Waals surface area contributed by atoms with Crippen molar-refractivity contribution in [3.63, 3.8) is 0 Å². The van der Waals surface area contributed by atoms with Crippen LogP contribution in [0.4, 0.5) is 10.2 Å². The fraction of sp³-hybridized carbons (Fsp3) is 0.438. The Kier molecular flexibility index (Phi) is 4.02. The molecule has 0 spiro atoms. The first kappa shape index (κ1) is 15.8. The van der Waals surface area contributed by atoms with E-state index in [1.807, 2.05) is 18.4 Å². The van der Waals surface area contributed by atoms with Gasteiger partial charge in [0, 0.05) is 22.0 Å². The van der Waals surface area contributed by atoms with Crippen molar-refractivity contribution in [2.24, 2.45) is 0 Å². The van der Waals surface area contributed by atoms with Gasteiger partial charge in [-0.05, 0) is 39.0 Å². The first-order valence-electron chi connectivity index (χ1n) is 6.97. The van der Waals surface area contributed by atoms with Crippen molar-refractivity contribution in [1.82, 2.24) is 9.55 Å². The highest BCUT2D eigenvalue weighted by molar-refractivity contribution is 6.30. The third-order valence-electron chi connectivity index (χ3n) is 3.31. The summed E-state index contributed by atoms with van der Waals surface area (Å²) in [7, 11) is 0. The number of rotatable bonds is 2. The molecule has 2 aromatic rings. The Morgan fingerprint density at radius 2 is 1.90 bits per heavy atom. The third kappa shape index (κ3) is 2.91. The smallest absolute Gasteiger partial charge is 0.132 e. The van der Waals surface area contributed by atoms with E-state index in [2.05, 4.69) is 25.8 Å². The van der Waals surface area contributed by atoms with Crippen LogP contribution in [0.2, 0.25) is 5.02 Å². The Balaban J connectivity index is 2.74. The summed E-state index contributed by atoms with van der Waals surface area (Å²) in [6, 6.07) is 4.41. The van der Waals surface area contributed by atoms with Gasteiger partial charge in [-0.15, -0.1) is 0 Å². The lowest BCUT2D eigenvalue weighted by molar-refractivity contribution is 0.382. The predicted octanol–water partition coefficient (Wildman–Crippen LogP) is 4.80. The maximum atomic E-state index is 14.1. The van der Waals surface area contributed by atoms with E-state index in [4.69, 9.17) is 17.3 Å². The Hall–Kier alpha value is -1.55. The van der Waals surface area contributed by atoms with Crippen LogP contribution in [0.15, 0.2) is 18.2 Å². The monoisotopic (exact) mass is 309 g/mol. The van der Waals surface area contributed by atoms with Gasteiger partial charge < -0.3 is 10.3 Å². The lowest BCUT2D eigenvalue weighted by Gasteiger charge is -2.26. The largest absolute Gasteiger partial charge is 0.383 e. The highest BCUT2D eigenvalue weighted by Crippen LogP contribution is 2.36. The molecule has 2 rings (SSSR count). The second kappa shape index (κ2) is 5.34. The molecular weight excluding hydrogens is 289 g/mol. The van der Waals surface area contributed by atoms with E-state index in [0.29, 0.717) is 22.1 Å². The minimum Gasteiger partial charge on any atom is -0.383 e. The molecule has 0 aliphatic rings. The number of anilines is 1. The molecule has 114 valence electrons. The van der Waals surface area contributed by atoms with Crippen molar-refractivity contribution in [2.75, 3.05) is 5.73 Å². The van der Waals surface area contributed by atoms with Gasteiger partial charge in [-0.25, -0.2) is 9.37 Å². The molecular formula is C16H21ClFN3. The first-order valence-corrected chi connectivity index (χ1v) is 7.34. The molecule has 0 radical (unpaired) electrons. The van der Waals surface area contributed by atoms with Crippen molar-refractivity contribution in [2.45, 2.75) is 46.1 Å². The van der Waals surface area contributed by atoms with Crippen molar-refractivity contribution >= 4 is 17.4 Å². The van der Waals surface area contributed by atoms with Crippen LogP contribution in [0.3, 0.4) is 0 Å². The van der Waals surface area contributed by atoms with Gasteiger partial charge in [-0.1, -0.05) is 25.4 Å². The summed E-state index contributed by atoms with van der Waals surface area (Å²) in [6.07, 6.45) is 0. The summed E-state index contributed by atoms with van der Waals surface area (Å²) in [4.78, 5) is 4.59. The number of hydrogen-bond acceptors (Lipinski definition) is 2. The number of nitrogens with two attached hydrogens (primary N) is 1. The third-order valence-corrected chi connectivity index (χ3v) is 3.54. The Labute approximate surface area is 129 Å². The van der Waals surface area contributed by atoms with Gasteiger partial charge in [0.15, 0.2) is 0 Å². The van der Waals surface area contributed by atoms with E-state index in [-0.39, 0.29) is 17.3 Å². The molecule has 0 bridgehead atoms. The fourth-order valence-electron chi connectivity index (χ4n) is 2.42. The topological polar surface area (TPSA) is 43.8 Å². The van der Waals surface area contributed by atoms with E-state index < -0.39 is 0 Å². The van der Waals surface area contributed by atoms with Crippen molar-refractivity contribution < 1.29 is 4.39 Å². The van der Waals surface area contributed by atoms with Gasteiger partial charge in [0.2, 0.25) is 0 Å². The number of aromatic nitrogens is 2. The second-order valence-electron chi connectivity index (χ2n) is 6.49. The normalized spacial score (nSPS) is 12.2. The van der Waals surface area contributed by atoms with E-state index >= 15 is 0 Å². The van der Waals surface area contributed by atoms with Crippen molar-refractivity contribution in [3.8, 4) is 11.3 Å². The molecule has 2 N–H and O–H groups in total. The van der Waals surface area contributed by atoms with Gasteiger partial charge in [0.1, 0.15) is 23.2 Å². The average Bonchev–Trinajstić information content (AvgIpc) is 2.70. The molecule has 0 saturated carbocycles. The van der Waals surface area contributed by atoms with E-state index in [1.165, 1.54) is 12.1 Å². The van der Waals surface area contributed by atoms with Crippen LogP contribution in [-0.2, 0) is 5.54 Å². The lowest BCUT2D eigenvalue weighted by Crippen LogP contribution is -2.26. The van der Waals surface area contributed by atoms with E-state index in [1.54, 1.807) is 6.07 Å².